The van der Waals surface area contributed by atoms with Gasteiger partial charge in [-0.1, -0.05) is 16.9 Å². The molecule has 1 aliphatic heterocycles. The lowest BCUT2D eigenvalue weighted by Gasteiger charge is -1.97. The summed E-state index contributed by atoms with van der Waals surface area (Å²) in [6, 6.07) is 0. The van der Waals surface area contributed by atoms with Crippen LogP contribution in [0.3, 0.4) is 0 Å². The van der Waals surface area contributed by atoms with E-state index < -0.39 is 6.09 Å². The lowest BCUT2D eigenvalue weighted by atomic mass is 10.5. The number of carbonyl (C=O) groups excluding carboxylic acids is 1. The molecule has 1 heterocycles. The number of aliphatic imine (C=N–C) groups is 1. The first-order chi connectivity index (χ1) is 6.13. The van der Waals surface area contributed by atoms with Crippen molar-refractivity contribution in [3.8, 4) is 0 Å². The SMILES string of the molecule is CNC(=O)ON=C1SC(C)N=C1C. The van der Waals surface area contributed by atoms with E-state index in [0.29, 0.717) is 5.04 Å². The molecule has 0 aromatic heterocycles. The fourth-order valence-corrected chi connectivity index (χ4v) is 1.65. The zero-order chi connectivity index (χ0) is 9.84. The number of oxime groups is 1. The predicted octanol–water partition coefficient (Wildman–Crippen LogP) is 1.21. The third-order valence-electron chi connectivity index (χ3n) is 1.38. The molecule has 0 aromatic carbocycles. The molecule has 0 radical (unpaired) electrons. The van der Waals surface area contributed by atoms with Crippen molar-refractivity contribution in [2.45, 2.75) is 19.2 Å². The molecule has 1 unspecified atom stereocenters. The Bertz CT molecular complexity index is 275. The number of thioether (sulfide) groups is 1. The van der Waals surface area contributed by atoms with Gasteiger partial charge in [-0.2, -0.15) is 0 Å². The minimum Gasteiger partial charge on any atom is -0.323 e. The molecule has 6 heteroatoms. The van der Waals surface area contributed by atoms with Crippen molar-refractivity contribution in [1.29, 1.82) is 0 Å². The summed E-state index contributed by atoms with van der Waals surface area (Å²) in [5.74, 6) is 0. The van der Waals surface area contributed by atoms with Crippen LogP contribution in [0.15, 0.2) is 10.1 Å². The van der Waals surface area contributed by atoms with E-state index in [2.05, 4.69) is 20.3 Å². The van der Waals surface area contributed by atoms with Crippen molar-refractivity contribution in [3.63, 3.8) is 0 Å². The largest absolute Gasteiger partial charge is 0.433 e. The van der Waals surface area contributed by atoms with Gasteiger partial charge in [0.05, 0.1) is 11.1 Å². The van der Waals surface area contributed by atoms with Gasteiger partial charge < -0.3 is 5.32 Å². The van der Waals surface area contributed by atoms with Crippen LogP contribution in [-0.2, 0) is 4.84 Å². The first kappa shape index (κ1) is 10.0. The Labute approximate surface area is 80.6 Å². The number of nitrogens with zero attached hydrogens (tertiary/aromatic N) is 2. The van der Waals surface area contributed by atoms with E-state index in [1.54, 1.807) is 0 Å². The number of hydrogen-bond acceptors (Lipinski definition) is 5. The van der Waals surface area contributed by atoms with Gasteiger partial charge in [-0.3, -0.25) is 9.83 Å². The number of amides is 1. The summed E-state index contributed by atoms with van der Waals surface area (Å²) in [6.45, 7) is 3.79. The minimum atomic E-state index is -0.569. The fraction of sp³-hybridized carbons (Fsp3) is 0.571. The van der Waals surface area contributed by atoms with Gasteiger partial charge in [0, 0.05) is 7.05 Å². The molecule has 13 heavy (non-hydrogen) atoms. The van der Waals surface area contributed by atoms with Gasteiger partial charge in [-0.25, -0.2) is 4.79 Å². The molecule has 0 bridgehead atoms. The summed E-state index contributed by atoms with van der Waals surface area (Å²) in [4.78, 5) is 19.4. The first-order valence-corrected chi connectivity index (χ1v) is 4.69. The van der Waals surface area contributed by atoms with E-state index in [1.165, 1.54) is 18.8 Å². The highest BCUT2D eigenvalue weighted by Crippen LogP contribution is 2.22. The monoisotopic (exact) mass is 201 g/mol. The lowest BCUT2D eigenvalue weighted by molar-refractivity contribution is 0.154. The molecular weight excluding hydrogens is 190 g/mol. The maximum Gasteiger partial charge on any atom is 0.433 e. The number of carbonyl (C=O) groups is 1. The summed E-state index contributed by atoms with van der Waals surface area (Å²) in [5, 5.41) is 6.78. The maximum absolute atomic E-state index is 10.7. The Balaban J connectivity index is 2.54. The Morgan fingerprint density at radius 1 is 1.77 bits per heavy atom. The zero-order valence-corrected chi connectivity index (χ0v) is 8.51. The molecule has 0 saturated carbocycles. The van der Waals surface area contributed by atoms with Crippen LogP contribution in [0.5, 0.6) is 0 Å². The van der Waals surface area contributed by atoms with E-state index in [9.17, 15) is 4.79 Å². The molecule has 1 amide bonds. The van der Waals surface area contributed by atoms with E-state index in [1.807, 2.05) is 13.8 Å². The molecule has 0 aromatic rings. The van der Waals surface area contributed by atoms with Crippen LogP contribution in [0.1, 0.15) is 13.8 Å². The van der Waals surface area contributed by atoms with E-state index in [4.69, 9.17) is 0 Å². The summed E-state index contributed by atoms with van der Waals surface area (Å²) >= 11 is 1.47. The molecule has 1 atom stereocenters. The van der Waals surface area contributed by atoms with Crippen LogP contribution in [0.25, 0.3) is 0 Å². The van der Waals surface area contributed by atoms with Crippen LogP contribution >= 0.6 is 11.8 Å². The van der Waals surface area contributed by atoms with Gasteiger partial charge in [0.25, 0.3) is 0 Å². The standard InChI is InChI=1S/C7H11N3O2S/c1-4-6(13-5(2)9-4)10-12-7(11)8-3/h5H,1-3H3,(H,8,11). The average molecular weight is 201 g/mol. The summed E-state index contributed by atoms with van der Waals surface area (Å²) in [6.07, 6.45) is -0.569. The molecule has 5 nitrogen and oxygen atoms in total. The fourth-order valence-electron chi connectivity index (χ4n) is 0.817. The first-order valence-electron chi connectivity index (χ1n) is 3.81. The molecule has 72 valence electrons. The third kappa shape index (κ3) is 2.73. The van der Waals surface area contributed by atoms with Crippen molar-refractivity contribution in [1.82, 2.24) is 5.32 Å². The Morgan fingerprint density at radius 3 is 2.92 bits per heavy atom. The molecule has 1 N–H and O–H groups in total. The Hall–Kier alpha value is -1.04. The molecule has 0 fully saturated rings. The maximum atomic E-state index is 10.7. The van der Waals surface area contributed by atoms with Crippen molar-refractivity contribution in [2.24, 2.45) is 10.1 Å². The topological polar surface area (TPSA) is 63.0 Å². The molecular formula is C7H11N3O2S. The van der Waals surface area contributed by atoms with Crippen molar-refractivity contribution >= 4 is 28.6 Å². The highest BCUT2D eigenvalue weighted by atomic mass is 32.2. The minimum absolute atomic E-state index is 0.159. The van der Waals surface area contributed by atoms with Crippen molar-refractivity contribution in [2.75, 3.05) is 7.05 Å². The van der Waals surface area contributed by atoms with E-state index in [0.717, 1.165) is 5.71 Å². The second-order valence-corrected chi connectivity index (χ2v) is 3.76. The molecule has 1 aliphatic rings. The second-order valence-electron chi connectivity index (χ2n) is 2.46. The zero-order valence-electron chi connectivity index (χ0n) is 7.70. The van der Waals surface area contributed by atoms with Gasteiger partial charge in [0.2, 0.25) is 0 Å². The van der Waals surface area contributed by atoms with E-state index in [-0.39, 0.29) is 5.37 Å². The van der Waals surface area contributed by atoms with Gasteiger partial charge >= 0.3 is 6.09 Å². The van der Waals surface area contributed by atoms with Gasteiger partial charge in [-0.15, -0.1) is 0 Å². The predicted molar refractivity (Wildman–Crippen MR) is 53.1 cm³/mol. The van der Waals surface area contributed by atoms with Crippen LogP contribution in [0, 0.1) is 0 Å². The Kier molecular flexibility index (Phi) is 3.30. The van der Waals surface area contributed by atoms with Crippen LogP contribution in [-0.4, -0.2) is 29.3 Å². The van der Waals surface area contributed by atoms with Crippen LogP contribution < -0.4 is 5.32 Å². The van der Waals surface area contributed by atoms with Gasteiger partial charge in [0.1, 0.15) is 0 Å². The molecule has 1 rings (SSSR count). The lowest BCUT2D eigenvalue weighted by Crippen LogP contribution is -2.17. The highest BCUT2D eigenvalue weighted by Gasteiger charge is 2.19. The molecule has 0 aliphatic carbocycles. The van der Waals surface area contributed by atoms with Gasteiger partial charge in [-0.05, 0) is 13.8 Å². The smallest absolute Gasteiger partial charge is 0.323 e. The second kappa shape index (κ2) is 4.27. The highest BCUT2D eigenvalue weighted by molar-refractivity contribution is 8.16. The normalized spacial score (nSPS) is 24.4. The number of hydrogen-bond donors (Lipinski definition) is 1. The van der Waals surface area contributed by atoms with Crippen LogP contribution in [0.2, 0.25) is 0 Å². The van der Waals surface area contributed by atoms with Gasteiger partial charge in [0.15, 0.2) is 5.04 Å². The summed E-state index contributed by atoms with van der Waals surface area (Å²) < 4.78 is 0. The number of nitrogens with one attached hydrogen (secondary N) is 1. The van der Waals surface area contributed by atoms with Crippen molar-refractivity contribution < 1.29 is 9.63 Å². The van der Waals surface area contributed by atoms with Crippen molar-refractivity contribution in [3.05, 3.63) is 0 Å². The Morgan fingerprint density at radius 2 is 2.46 bits per heavy atom. The quantitative estimate of drug-likeness (QED) is 0.512. The molecule has 0 saturated heterocycles. The summed E-state index contributed by atoms with van der Waals surface area (Å²) in [5.41, 5.74) is 0.807. The molecule has 0 spiro atoms. The van der Waals surface area contributed by atoms with E-state index >= 15 is 0 Å². The number of rotatable bonds is 1. The summed E-state index contributed by atoms with van der Waals surface area (Å²) in [7, 11) is 1.48. The average Bonchev–Trinajstić information content (AvgIpc) is 2.41. The third-order valence-corrected chi connectivity index (χ3v) is 2.42. The van der Waals surface area contributed by atoms with Crippen LogP contribution in [0.4, 0.5) is 4.79 Å².